The average Bonchev–Trinajstić information content (AvgIpc) is 3.13. The van der Waals surface area contributed by atoms with Crippen molar-refractivity contribution in [3.05, 3.63) is 80.7 Å². The van der Waals surface area contributed by atoms with Crippen LogP contribution in [0.2, 0.25) is 5.02 Å². The maximum Gasteiger partial charge on any atom is 0.280 e. The van der Waals surface area contributed by atoms with Gasteiger partial charge in [0, 0.05) is 17.3 Å². The van der Waals surface area contributed by atoms with Crippen molar-refractivity contribution in [3.63, 3.8) is 0 Å². The Labute approximate surface area is 200 Å². The first-order valence-corrected chi connectivity index (χ1v) is 11.9. The number of hydrogen-bond acceptors (Lipinski definition) is 5. The van der Waals surface area contributed by atoms with Crippen LogP contribution < -0.4 is 10.9 Å². The third kappa shape index (κ3) is 5.12. The number of halogens is 1. The van der Waals surface area contributed by atoms with E-state index in [0.29, 0.717) is 45.7 Å². The normalized spacial score (nSPS) is 11.2. The third-order valence-corrected chi connectivity index (χ3v) is 6.43. The summed E-state index contributed by atoms with van der Waals surface area (Å²) in [6.45, 7) is 6.73. The summed E-state index contributed by atoms with van der Waals surface area (Å²) in [5, 5.41) is 8.40. The number of carbonyl (C=O) groups excluding carboxylic acids is 1. The number of amides is 1. The van der Waals surface area contributed by atoms with E-state index in [0.717, 1.165) is 11.1 Å². The van der Waals surface area contributed by atoms with Crippen LogP contribution in [0, 0.1) is 13.8 Å². The molecule has 1 amide bonds. The number of aryl methyl sites for hydroxylation is 3. The lowest BCUT2D eigenvalue weighted by Crippen LogP contribution is -2.26. The number of hydrogen-bond donors (Lipinski definition) is 1. The first kappa shape index (κ1) is 23.1. The summed E-state index contributed by atoms with van der Waals surface area (Å²) < 4.78 is 3.31. The third-order valence-electron chi connectivity index (χ3n) is 5.20. The molecule has 0 atom stereocenters. The van der Waals surface area contributed by atoms with E-state index >= 15 is 0 Å². The standard InChI is InChI=1S/C24H24ClN5O2S/c1-4-30-22-21(16(3)28-30)27-24(29(23(22)32)13-17-7-5-15(2)6-8-17)33-14-20(31)26-19-11-9-18(25)10-12-19/h5-12H,4,13-14H2,1-3H3,(H,26,31). The number of thioether (sulfide) groups is 1. The van der Waals surface area contributed by atoms with Crippen molar-refractivity contribution >= 4 is 46.0 Å². The van der Waals surface area contributed by atoms with Gasteiger partial charge >= 0.3 is 0 Å². The van der Waals surface area contributed by atoms with Crippen molar-refractivity contribution < 1.29 is 4.79 Å². The minimum atomic E-state index is -0.195. The molecule has 0 radical (unpaired) electrons. The molecule has 0 saturated heterocycles. The molecular weight excluding hydrogens is 458 g/mol. The van der Waals surface area contributed by atoms with Crippen LogP contribution in [-0.2, 0) is 17.9 Å². The second kappa shape index (κ2) is 9.80. The number of nitrogens with one attached hydrogen (secondary N) is 1. The number of carbonyl (C=O) groups is 1. The highest BCUT2D eigenvalue weighted by molar-refractivity contribution is 7.99. The van der Waals surface area contributed by atoms with Gasteiger partial charge < -0.3 is 5.32 Å². The van der Waals surface area contributed by atoms with Gasteiger partial charge in [0.1, 0.15) is 5.52 Å². The molecule has 0 spiro atoms. The van der Waals surface area contributed by atoms with Gasteiger partial charge in [0.15, 0.2) is 10.7 Å². The van der Waals surface area contributed by atoms with Crippen LogP contribution in [-0.4, -0.2) is 31.0 Å². The lowest BCUT2D eigenvalue weighted by atomic mass is 10.1. The molecule has 0 aliphatic rings. The van der Waals surface area contributed by atoms with Crippen LogP contribution in [0.25, 0.3) is 11.0 Å². The Bertz CT molecular complexity index is 1360. The Hall–Kier alpha value is -3.10. The summed E-state index contributed by atoms with van der Waals surface area (Å²) in [5.74, 6) is -0.0883. The van der Waals surface area contributed by atoms with E-state index in [9.17, 15) is 9.59 Å². The van der Waals surface area contributed by atoms with Gasteiger partial charge in [0.25, 0.3) is 5.56 Å². The first-order valence-electron chi connectivity index (χ1n) is 10.6. The summed E-state index contributed by atoms with van der Waals surface area (Å²) >= 11 is 7.14. The topological polar surface area (TPSA) is 81.8 Å². The Kier molecular flexibility index (Phi) is 6.85. The largest absolute Gasteiger partial charge is 0.325 e. The molecular formula is C24H24ClN5O2S. The second-order valence-corrected chi connectivity index (χ2v) is 9.09. The smallest absolute Gasteiger partial charge is 0.280 e. The summed E-state index contributed by atoms with van der Waals surface area (Å²) in [4.78, 5) is 30.8. The number of anilines is 1. The minimum absolute atomic E-state index is 0.107. The minimum Gasteiger partial charge on any atom is -0.325 e. The SMILES string of the molecule is CCn1nc(C)c2nc(SCC(=O)Nc3ccc(Cl)cc3)n(Cc3ccc(C)cc3)c(=O)c21. The lowest BCUT2D eigenvalue weighted by molar-refractivity contribution is -0.113. The fourth-order valence-electron chi connectivity index (χ4n) is 3.50. The van der Waals surface area contributed by atoms with E-state index in [-0.39, 0.29) is 17.2 Å². The molecule has 0 unspecified atom stereocenters. The van der Waals surface area contributed by atoms with Crippen LogP contribution >= 0.6 is 23.4 Å². The Morgan fingerprint density at radius 3 is 2.45 bits per heavy atom. The number of benzene rings is 2. The molecule has 0 bridgehead atoms. The van der Waals surface area contributed by atoms with E-state index < -0.39 is 0 Å². The molecule has 0 aliphatic heterocycles. The van der Waals surface area contributed by atoms with Crippen molar-refractivity contribution in [1.82, 2.24) is 19.3 Å². The zero-order valence-electron chi connectivity index (χ0n) is 18.6. The molecule has 0 saturated carbocycles. The summed E-state index contributed by atoms with van der Waals surface area (Å²) in [6, 6.07) is 14.9. The van der Waals surface area contributed by atoms with Crippen molar-refractivity contribution in [2.45, 2.75) is 39.0 Å². The van der Waals surface area contributed by atoms with Crippen LogP contribution in [0.3, 0.4) is 0 Å². The van der Waals surface area contributed by atoms with E-state index in [1.165, 1.54) is 11.8 Å². The van der Waals surface area contributed by atoms with Gasteiger partial charge in [0.05, 0.1) is 18.0 Å². The Balaban J connectivity index is 1.66. The van der Waals surface area contributed by atoms with E-state index in [4.69, 9.17) is 16.6 Å². The van der Waals surface area contributed by atoms with Crippen LogP contribution in [0.15, 0.2) is 58.5 Å². The highest BCUT2D eigenvalue weighted by Crippen LogP contribution is 2.22. The highest BCUT2D eigenvalue weighted by atomic mass is 35.5. The van der Waals surface area contributed by atoms with Crippen LogP contribution in [0.5, 0.6) is 0 Å². The van der Waals surface area contributed by atoms with E-state index in [2.05, 4.69) is 10.4 Å². The molecule has 0 aliphatic carbocycles. The predicted molar refractivity (Wildman–Crippen MR) is 133 cm³/mol. The number of fused-ring (bicyclic) bond motifs is 1. The summed E-state index contributed by atoms with van der Waals surface area (Å²) in [7, 11) is 0. The number of rotatable bonds is 7. The summed E-state index contributed by atoms with van der Waals surface area (Å²) in [5.41, 5.74) is 4.37. The maximum absolute atomic E-state index is 13.5. The fourth-order valence-corrected chi connectivity index (χ4v) is 4.42. The Morgan fingerprint density at radius 1 is 1.09 bits per heavy atom. The molecule has 7 nitrogen and oxygen atoms in total. The van der Waals surface area contributed by atoms with Gasteiger partial charge in [0.2, 0.25) is 5.91 Å². The molecule has 33 heavy (non-hydrogen) atoms. The molecule has 2 heterocycles. The van der Waals surface area contributed by atoms with Crippen molar-refractivity contribution in [1.29, 1.82) is 0 Å². The van der Waals surface area contributed by atoms with Crippen LogP contribution in [0.4, 0.5) is 5.69 Å². The fraction of sp³-hybridized carbons (Fsp3) is 0.250. The molecule has 4 rings (SSSR count). The molecule has 9 heteroatoms. The van der Waals surface area contributed by atoms with Gasteiger partial charge in [-0.25, -0.2) is 4.98 Å². The van der Waals surface area contributed by atoms with Gasteiger partial charge in [-0.2, -0.15) is 5.10 Å². The zero-order chi connectivity index (χ0) is 23.5. The Morgan fingerprint density at radius 2 is 1.79 bits per heavy atom. The first-order chi connectivity index (χ1) is 15.9. The van der Waals surface area contributed by atoms with Gasteiger partial charge in [-0.1, -0.05) is 53.2 Å². The monoisotopic (exact) mass is 481 g/mol. The van der Waals surface area contributed by atoms with Gasteiger partial charge in [-0.05, 0) is 50.6 Å². The van der Waals surface area contributed by atoms with E-state index in [1.807, 2.05) is 45.0 Å². The highest BCUT2D eigenvalue weighted by Gasteiger charge is 2.19. The second-order valence-electron chi connectivity index (χ2n) is 7.71. The number of nitrogens with zero attached hydrogens (tertiary/aromatic N) is 4. The molecule has 1 N–H and O–H groups in total. The van der Waals surface area contributed by atoms with Gasteiger partial charge in [-0.3, -0.25) is 18.8 Å². The molecule has 4 aromatic rings. The molecule has 2 aromatic heterocycles. The van der Waals surface area contributed by atoms with E-state index in [1.54, 1.807) is 33.5 Å². The number of aromatic nitrogens is 4. The maximum atomic E-state index is 13.5. The van der Waals surface area contributed by atoms with Gasteiger partial charge in [-0.15, -0.1) is 0 Å². The van der Waals surface area contributed by atoms with Crippen molar-refractivity contribution in [3.8, 4) is 0 Å². The average molecular weight is 482 g/mol. The zero-order valence-corrected chi connectivity index (χ0v) is 20.2. The van der Waals surface area contributed by atoms with Crippen LogP contribution in [0.1, 0.15) is 23.7 Å². The van der Waals surface area contributed by atoms with Crippen molar-refractivity contribution in [2.75, 3.05) is 11.1 Å². The predicted octanol–water partition coefficient (Wildman–Crippen LogP) is 4.66. The molecule has 2 aromatic carbocycles. The molecule has 170 valence electrons. The molecule has 0 fully saturated rings. The lowest BCUT2D eigenvalue weighted by Gasteiger charge is -2.13. The summed E-state index contributed by atoms with van der Waals surface area (Å²) in [6.07, 6.45) is 0. The quantitative estimate of drug-likeness (QED) is 0.306. The van der Waals surface area contributed by atoms with Crippen molar-refractivity contribution in [2.24, 2.45) is 0 Å².